The number of nitrogens with zero attached hydrogens (tertiary/aromatic N) is 3. The van der Waals surface area contributed by atoms with Gasteiger partial charge in [0.05, 0.1) is 30.2 Å². The molecule has 1 aromatic heterocycles. The second kappa shape index (κ2) is 5.04. The fraction of sp³-hybridized carbons (Fsp3) is 0.600. The van der Waals surface area contributed by atoms with E-state index in [9.17, 15) is 5.26 Å². The van der Waals surface area contributed by atoms with Crippen molar-refractivity contribution < 1.29 is 9.47 Å². The smallest absolute Gasteiger partial charge is 0.171 e. The first kappa shape index (κ1) is 13.3. The van der Waals surface area contributed by atoms with Crippen molar-refractivity contribution in [1.29, 1.82) is 5.26 Å². The van der Waals surface area contributed by atoms with Crippen LogP contribution in [-0.4, -0.2) is 37.1 Å². The first-order chi connectivity index (χ1) is 9.63. The summed E-state index contributed by atoms with van der Waals surface area (Å²) < 4.78 is 11.5. The normalized spacial score (nSPS) is 21.1. The fourth-order valence-corrected chi connectivity index (χ4v) is 3.07. The van der Waals surface area contributed by atoms with E-state index in [1.807, 2.05) is 19.9 Å². The molecule has 20 heavy (non-hydrogen) atoms. The van der Waals surface area contributed by atoms with Gasteiger partial charge in [-0.3, -0.25) is 4.98 Å². The highest BCUT2D eigenvalue weighted by Gasteiger charge is 2.40. The van der Waals surface area contributed by atoms with Crippen LogP contribution in [0.25, 0.3) is 0 Å². The molecule has 2 fully saturated rings. The molecule has 0 aliphatic carbocycles. The lowest BCUT2D eigenvalue weighted by Gasteiger charge is -2.39. The zero-order chi connectivity index (χ0) is 14.2. The Balaban J connectivity index is 1.83. The molecule has 5 nitrogen and oxygen atoms in total. The van der Waals surface area contributed by atoms with Crippen LogP contribution in [0.3, 0.4) is 0 Å². The van der Waals surface area contributed by atoms with E-state index in [-0.39, 0.29) is 5.79 Å². The van der Waals surface area contributed by atoms with Crippen molar-refractivity contribution in [3.63, 3.8) is 0 Å². The van der Waals surface area contributed by atoms with Crippen LogP contribution in [0.4, 0.5) is 5.69 Å². The van der Waals surface area contributed by atoms with Crippen molar-refractivity contribution in [3.05, 3.63) is 23.0 Å². The maximum Gasteiger partial charge on any atom is 0.171 e. The van der Waals surface area contributed by atoms with Gasteiger partial charge in [-0.2, -0.15) is 5.26 Å². The van der Waals surface area contributed by atoms with Gasteiger partial charge in [0, 0.05) is 31.6 Å². The molecule has 0 N–H and O–H groups in total. The molecule has 0 saturated carbocycles. The van der Waals surface area contributed by atoms with Crippen LogP contribution in [0.1, 0.15) is 29.8 Å². The molecule has 3 rings (SSSR count). The maximum absolute atomic E-state index is 9.36. The van der Waals surface area contributed by atoms with Crippen LogP contribution in [0.5, 0.6) is 0 Å². The average Bonchev–Trinajstić information content (AvgIpc) is 2.87. The highest BCUT2D eigenvalue weighted by Crippen LogP contribution is 2.34. The van der Waals surface area contributed by atoms with Gasteiger partial charge in [0.15, 0.2) is 5.79 Å². The first-order valence-corrected chi connectivity index (χ1v) is 7.05. The van der Waals surface area contributed by atoms with Crippen LogP contribution >= 0.6 is 0 Å². The van der Waals surface area contributed by atoms with E-state index in [1.165, 1.54) is 0 Å². The van der Waals surface area contributed by atoms with E-state index in [4.69, 9.17) is 9.47 Å². The summed E-state index contributed by atoms with van der Waals surface area (Å²) in [5, 5.41) is 9.36. The molecule has 5 heteroatoms. The number of hydrogen-bond acceptors (Lipinski definition) is 5. The Morgan fingerprint density at radius 3 is 2.50 bits per heavy atom. The van der Waals surface area contributed by atoms with Crippen LogP contribution in [0.15, 0.2) is 6.07 Å². The molecule has 3 heterocycles. The average molecular weight is 273 g/mol. The zero-order valence-electron chi connectivity index (χ0n) is 12.0. The molecular weight excluding hydrogens is 254 g/mol. The third kappa shape index (κ3) is 2.26. The van der Waals surface area contributed by atoms with Crippen molar-refractivity contribution in [2.45, 2.75) is 32.5 Å². The van der Waals surface area contributed by atoms with Gasteiger partial charge < -0.3 is 14.4 Å². The molecule has 106 valence electrons. The zero-order valence-corrected chi connectivity index (χ0v) is 12.0. The predicted octanol–water partition coefficient (Wildman–Crippen LogP) is 1.91. The molecule has 0 radical (unpaired) electrons. The van der Waals surface area contributed by atoms with Crippen molar-refractivity contribution in [3.8, 4) is 6.07 Å². The summed E-state index contributed by atoms with van der Waals surface area (Å²) in [4.78, 5) is 6.62. The van der Waals surface area contributed by atoms with E-state index in [0.29, 0.717) is 18.8 Å². The Hall–Kier alpha value is -1.64. The van der Waals surface area contributed by atoms with Gasteiger partial charge >= 0.3 is 0 Å². The third-order valence-corrected chi connectivity index (χ3v) is 4.10. The minimum absolute atomic E-state index is 0.375. The van der Waals surface area contributed by atoms with Gasteiger partial charge in [-0.05, 0) is 19.9 Å². The number of nitriles is 1. The van der Waals surface area contributed by atoms with Gasteiger partial charge in [-0.1, -0.05) is 0 Å². The fourth-order valence-electron chi connectivity index (χ4n) is 3.07. The summed E-state index contributed by atoms with van der Waals surface area (Å²) in [5.41, 5.74) is 3.42. The number of anilines is 1. The summed E-state index contributed by atoms with van der Waals surface area (Å²) in [6.45, 7) is 6.93. The first-order valence-electron chi connectivity index (χ1n) is 7.05. The van der Waals surface area contributed by atoms with Crippen LogP contribution in [-0.2, 0) is 9.47 Å². The highest BCUT2D eigenvalue weighted by molar-refractivity contribution is 5.61. The number of rotatable bonds is 1. The summed E-state index contributed by atoms with van der Waals surface area (Å²) in [5.74, 6) is -0.375. The van der Waals surface area contributed by atoms with Crippen molar-refractivity contribution >= 4 is 5.69 Å². The molecule has 2 aliphatic rings. The summed E-state index contributed by atoms with van der Waals surface area (Å²) >= 11 is 0. The Labute approximate surface area is 119 Å². The van der Waals surface area contributed by atoms with Crippen molar-refractivity contribution in [1.82, 2.24) is 4.98 Å². The van der Waals surface area contributed by atoms with E-state index in [0.717, 1.165) is 43.0 Å². The molecule has 0 unspecified atom stereocenters. The van der Waals surface area contributed by atoms with E-state index >= 15 is 0 Å². The highest BCUT2D eigenvalue weighted by atomic mass is 16.7. The van der Waals surface area contributed by atoms with Crippen LogP contribution in [0.2, 0.25) is 0 Å². The molecular formula is C15H19N3O2. The second-order valence-electron chi connectivity index (χ2n) is 5.45. The molecule has 1 spiro atoms. The molecule has 0 aromatic carbocycles. The SMILES string of the molecule is Cc1cc(N2CCC3(CC2)OCCO3)c(C#N)c(C)n1. The van der Waals surface area contributed by atoms with Crippen LogP contribution < -0.4 is 4.90 Å². The minimum Gasteiger partial charge on any atom is -0.370 e. The Bertz CT molecular complexity index is 549. The van der Waals surface area contributed by atoms with Gasteiger partial charge in [0.2, 0.25) is 0 Å². The van der Waals surface area contributed by atoms with Gasteiger partial charge in [-0.25, -0.2) is 0 Å². The number of pyridine rings is 1. The molecule has 2 saturated heterocycles. The largest absolute Gasteiger partial charge is 0.370 e. The lowest BCUT2D eigenvalue weighted by atomic mass is 10.0. The Morgan fingerprint density at radius 2 is 1.90 bits per heavy atom. The lowest BCUT2D eigenvalue weighted by molar-refractivity contribution is -0.169. The number of hydrogen-bond donors (Lipinski definition) is 0. The summed E-state index contributed by atoms with van der Waals surface area (Å²) in [7, 11) is 0. The van der Waals surface area contributed by atoms with Crippen LogP contribution in [0, 0.1) is 25.2 Å². The standard InChI is InChI=1S/C15H19N3O2/c1-11-9-14(13(10-16)12(2)17-11)18-5-3-15(4-6-18)19-7-8-20-15/h9H,3-8H2,1-2H3. The quantitative estimate of drug-likeness (QED) is 0.782. The Morgan fingerprint density at radius 1 is 1.25 bits per heavy atom. The van der Waals surface area contributed by atoms with Crippen molar-refractivity contribution in [2.75, 3.05) is 31.2 Å². The topological polar surface area (TPSA) is 58.4 Å². The third-order valence-electron chi connectivity index (χ3n) is 4.10. The van der Waals surface area contributed by atoms with E-state index in [1.54, 1.807) is 0 Å². The molecule has 0 bridgehead atoms. The lowest BCUT2D eigenvalue weighted by Crippen LogP contribution is -2.45. The summed E-state index contributed by atoms with van der Waals surface area (Å²) in [6.07, 6.45) is 1.69. The predicted molar refractivity (Wildman–Crippen MR) is 74.5 cm³/mol. The molecule has 2 aliphatic heterocycles. The second-order valence-corrected chi connectivity index (χ2v) is 5.45. The number of ether oxygens (including phenoxy) is 2. The number of piperidine rings is 1. The van der Waals surface area contributed by atoms with Crippen molar-refractivity contribution in [2.24, 2.45) is 0 Å². The number of aromatic nitrogens is 1. The van der Waals surface area contributed by atoms with Gasteiger partial charge in [0.1, 0.15) is 6.07 Å². The minimum atomic E-state index is -0.375. The molecule has 1 aromatic rings. The number of aryl methyl sites for hydroxylation is 2. The van der Waals surface area contributed by atoms with E-state index < -0.39 is 0 Å². The Kier molecular flexibility index (Phi) is 3.36. The maximum atomic E-state index is 9.36. The van der Waals surface area contributed by atoms with E-state index in [2.05, 4.69) is 16.0 Å². The van der Waals surface area contributed by atoms with Gasteiger partial charge in [0.25, 0.3) is 0 Å². The monoisotopic (exact) mass is 273 g/mol. The molecule has 0 amide bonds. The molecule has 0 atom stereocenters. The summed E-state index contributed by atoms with van der Waals surface area (Å²) in [6, 6.07) is 4.28. The van der Waals surface area contributed by atoms with Gasteiger partial charge in [-0.15, -0.1) is 0 Å².